The van der Waals surface area contributed by atoms with Gasteiger partial charge in [-0.25, -0.2) is 4.98 Å². The largest absolute Gasteiger partial charge is 0.373 e. The molecule has 7 nitrogen and oxygen atoms in total. The molecule has 2 amide bonds. The Morgan fingerprint density at radius 1 is 1.32 bits per heavy atom. The normalized spacial score (nSPS) is 16.3. The summed E-state index contributed by atoms with van der Waals surface area (Å²) in [4.78, 5) is 31.1. The second kappa shape index (κ2) is 10.4. The van der Waals surface area contributed by atoms with Gasteiger partial charge in [0.25, 0.3) is 0 Å². The predicted octanol–water partition coefficient (Wildman–Crippen LogP) is 3.21. The number of hydrogen-bond donors (Lipinski definition) is 1. The molecule has 1 aliphatic rings. The van der Waals surface area contributed by atoms with Gasteiger partial charge in [0, 0.05) is 44.9 Å². The van der Waals surface area contributed by atoms with E-state index in [-0.39, 0.29) is 24.0 Å². The Morgan fingerprint density at radius 2 is 2.06 bits per heavy atom. The molecule has 1 aliphatic heterocycles. The van der Waals surface area contributed by atoms with Crippen LogP contribution < -0.4 is 5.32 Å². The van der Waals surface area contributed by atoms with Crippen molar-refractivity contribution >= 4 is 23.2 Å². The van der Waals surface area contributed by atoms with E-state index in [9.17, 15) is 9.59 Å². The molecule has 0 bridgehead atoms. The zero-order valence-electron chi connectivity index (χ0n) is 19.0. The van der Waals surface area contributed by atoms with Crippen LogP contribution in [0.5, 0.6) is 0 Å². The van der Waals surface area contributed by atoms with Crippen LogP contribution in [0.25, 0.3) is 0 Å². The molecule has 1 saturated heterocycles. The zero-order chi connectivity index (χ0) is 22.4. The number of imidazole rings is 1. The molecule has 0 aromatic carbocycles. The van der Waals surface area contributed by atoms with Gasteiger partial charge in [0.05, 0.1) is 12.2 Å². The topological polar surface area (TPSA) is 76.5 Å². The quantitative estimate of drug-likeness (QED) is 0.676. The molecule has 0 spiro atoms. The molecular weight excluding hydrogens is 412 g/mol. The number of likely N-dealkylation sites (tertiary alicyclic amines) is 1. The van der Waals surface area contributed by atoms with Crippen molar-refractivity contribution in [1.82, 2.24) is 19.8 Å². The molecule has 31 heavy (non-hydrogen) atoms. The number of aromatic nitrogens is 2. The van der Waals surface area contributed by atoms with Crippen LogP contribution in [-0.2, 0) is 27.3 Å². The number of hydrogen-bond acceptors (Lipinski definition) is 5. The number of amides is 2. The van der Waals surface area contributed by atoms with Gasteiger partial charge in [-0.1, -0.05) is 0 Å². The number of piperidine rings is 1. The van der Waals surface area contributed by atoms with Gasteiger partial charge in [-0.05, 0) is 62.4 Å². The summed E-state index contributed by atoms with van der Waals surface area (Å²) in [6.45, 7) is 9.66. The third-order valence-corrected chi connectivity index (χ3v) is 6.23. The number of carbonyl (C=O) groups is 2. The van der Waals surface area contributed by atoms with Crippen molar-refractivity contribution in [1.29, 1.82) is 0 Å². The third-order valence-electron chi connectivity index (χ3n) is 5.50. The molecule has 3 heterocycles. The van der Waals surface area contributed by atoms with E-state index in [0.717, 1.165) is 31.6 Å². The average molecular weight is 447 g/mol. The molecule has 170 valence electrons. The van der Waals surface area contributed by atoms with Gasteiger partial charge in [0.2, 0.25) is 11.8 Å². The summed E-state index contributed by atoms with van der Waals surface area (Å²) in [6.07, 6.45) is 6.66. The Bertz CT molecular complexity index is 849. The van der Waals surface area contributed by atoms with Gasteiger partial charge in [0.15, 0.2) is 0 Å². The molecule has 2 aromatic rings. The van der Waals surface area contributed by atoms with Crippen LogP contribution in [0.2, 0.25) is 0 Å². The Hall–Kier alpha value is -2.19. The van der Waals surface area contributed by atoms with Gasteiger partial charge in [-0.15, -0.1) is 0 Å². The Balaban J connectivity index is 1.56. The SMILES string of the molecule is CC(=O)NC(COC(C)(C)C)C(=O)N1CCC(c2nccn2CCc2ccsc2)CC1. The van der Waals surface area contributed by atoms with Crippen molar-refractivity contribution < 1.29 is 14.3 Å². The molecule has 0 aliphatic carbocycles. The Labute approximate surface area is 188 Å². The molecule has 1 fully saturated rings. The van der Waals surface area contributed by atoms with Crippen LogP contribution in [0.4, 0.5) is 0 Å². The summed E-state index contributed by atoms with van der Waals surface area (Å²) in [5.74, 6) is 1.15. The van der Waals surface area contributed by atoms with E-state index in [1.165, 1.54) is 12.5 Å². The molecular formula is C23H34N4O3S. The number of nitrogens with one attached hydrogen (secondary N) is 1. The summed E-state index contributed by atoms with van der Waals surface area (Å²) >= 11 is 1.72. The summed E-state index contributed by atoms with van der Waals surface area (Å²) in [6, 6.07) is 1.51. The number of carbonyl (C=O) groups excluding carboxylic acids is 2. The Kier molecular flexibility index (Phi) is 7.89. The van der Waals surface area contributed by atoms with Gasteiger partial charge in [-0.3, -0.25) is 9.59 Å². The first kappa shape index (κ1) is 23.5. The number of ether oxygens (including phenoxy) is 1. The van der Waals surface area contributed by atoms with Crippen LogP contribution in [0.3, 0.4) is 0 Å². The van der Waals surface area contributed by atoms with Crippen molar-refractivity contribution in [2.75, 3.05) is 19.7 Å². The summed E-state index contributed by atoms with van der Waals surface area (Å²) in [5.41, 5.74) is 0.982. The van der Waals surface area contributed by atoms with E-state index in [4.69, 9.17) is 4.74 Å². The van der Waals surface area contributed by atoms with E-state index in [1.807, 2.05) is 31.9 Å². The zero-order valence-corrected chi connectivity index (χ0v) is 19.8. The van der Waals surface area contributed by atoms with E-state index < -0.39 is 6.04 Å². The van der Waals surface area contributed by atoms with Crippen LogP contribution in [0.1, 0.15) is 57.8 Å². The molecule has 1 N–H and O–H groups in total. The standard InChI is InChI=1S/C23H34N4O3S/c1-17(28)25-20(15-30-23(2,3)4)22(29)27-11-6-19(7-12-27)21-24-9-13-26(21)10-5-18-8-14-31-16-18/h8-9,13-14,16,19-20H,5-7,10-12,15H2,1-4H3,(H,25,28). The number of rotatable bonds is 8. The summed E-state index contributed by atoms with van der Waals surface area (Å²) in [5, 5.41) is 7.06. The van der Waals surface area contributed by atoms with Crippen LogP contribution in [0.15, 0.2) is 29.2 Å². The fourth-order valence-electron chi connectivity index (χ4n) is 3.89. The minimum Gasteiger partial charge on any atom is -0.373 e. The van der Waals surface area contributed by atoms with Gasteiger partial charge >= 0.3 is 0 Å². The van der Waals surface area contributed by atoms with Crippen molar-refractivity contribution in [3.05, 3.63) is 40.6 Å². The number of aryl methyl sites for hydroxylation is 2. The van der Waals surface area contributed by atoms with Gasteiger partial charge < -0.3 is 19.5 Å². The molecule has 1 atom stereocenters. The maximum Gasteiger partial charge on any atom is 0.247 e. The first-order valence-corrected chi connectivity index (χ1v) is 11.9. The highest BCUT2D eigenvalue weighted by atomic mass is 32.1. The van der Waals surface area contributed by atoms with Crippen LogP contribution in [-0.4, -0.2) is 57.6 Å². The first-order chi connectivity index (χ1) is 14.7. The summed E-state index contributed by atoms with van der Waals surface area (Å²) in [7, 11) is 0. The highest BCUT2D eigenvalue weighted by Crippen LogP contribution is 2.27. The van der Waals surface area contributed by atoms with Gasteiger partial charge in [-0.2, -0.15) is 11.3 Å². The predicted molar refractivity (Wildman–Crippen MR) is 122 cm³/mol. The molecule has 3 rings (SSSR count). The number of nitrogens with zero attached hydrogens (tertiary/aromatic N) is 3. The third kappa shape index (κ3) is 6.90. The molecule has 0 saturated carbocycles. The monoisotopic (exact) mass is 446 g/mol. The lowest BCUT2D eigenvalue weighted by molar-refractivity contribution is -0.140. The molecule has 1 unspecified atom stereocenters. The lowest BCUT2D eigenvalue weighted by atomic mass is 9.95. The molecule has 2 aromatic heterocycles. The minimum absolute atomic E-state index is 0.0706. The first-order valence-electron chi connectivity index (χ1n) is 10.9. The highest BCUT2D eigenvalue weighted by Gasteiger charge is 2.31. The maximum absolute atomic E-state index is 13.1. The summed E-state index contributed by atoms with van der Waals surface area (Å²) < 4.78 is 8.03. The van der Waals surface area contributed by atoms with E-state index in [0.29, 0.717) is 19.0 Å². The fourth-order valence-corrected chi connectivity index (χ4v) is 4.59. The second-order valence-corrected chi connectivity index (χ2v) is 9.92. The van der Waals surface area contributed by atoms with Crippen molar-refractivity contribution in [2.24, 2.45) is 0 Å². The average Bonchev–Trinajstić information content (AvgIpc) is 3.40. The van der Waals surface area contributed by atoms with E-state index in [2.05, 4.69) is 37.9 Å². The minimum atomic E-state index is -0.652. The van der Waals surface area contributed by atoms with E-state index in [1.54, 1.807) is 11.3 Å². The van der Waals surface area contributed by atoms with Crippen molar-refractivity contribution in [2.45, 2.75) is 71.1 Å². The fraction of sp³-hybridized carbons (Fsp3) is 0.609. The maximum atomic E-state index is 13.1. The van der Waals surface area contributed by atoms with E-state index >= 15 is 0 Å². The van der Waals surface area contributed by atoms with Crippen LogP contribution >= 0.6 is 11.3 Å². The van der Waals surface area contributed by atoms with Gasteiger partial charge in [0.1, 0.15) is 11.9 Å². The second-order valence-electron chi connectivity index (χ2n) is 9.14. The lowest BCUT2D eigenvalue weighted by Gasteiger charge is -2.35. The van der Waals surface area contributed by atoms with Crippen molar-refractivity contribution in [3.63, 3.8) is 0 Å². The van der Waals surface area contributed by atoms with Crippen LogP contribution in [0, 0.1) is 0 Å². The smallest absolute Gasteiger partial charge is 0.247 e. The number of thiophene rings is 1. The highest BCUT2D eigenvalue weighted by molar-refractivity contribution is 7.07. The lowest BCUT2D eigenvalue weighted by Crippen LogP contribution is -2.53. The molecule has 8 heteroatoms. The van der Waals surface area contributed by atoms with Crippen molar-refractivity contribution in [3.8, 4) is 0 Å². The Morgan fingerprint density at radius 3 is 2.68 bits per heavy atom. The molecule has 0 radical (unpaired) electrons.